The Morgan fingerprint density at radius 1 is 1.09 bits per heavy atom. The standard InChI is InChI=1S/C17H17F2NOS/c1-12(2)20(14-9-7-13(18)8-10-14)17(21)11-22-16-6-4-3-5-15(16)19/h3-10,12H,11H2,1-2H3. The fourth-order valence-corrected chi connectivity index (χ4v) is 2.90. The Balaban J connectivity index is 2.10. The first-order chi connectivity index (χ1) is 10.5. The van der Waals surface area contributed by atoms with Gasteiger partial charge in [0.2, 0.25) is 5.91 Å². The minimum absolute atomic E-state index is 0.0702. The average molecular weight is 321 g/mol. The van der Waals surface area contributed by atoms with Crippen LogP contribution in [0.4, 0.5) is 14.5 Å². The van der Waals surface area contributed by atoms with Gasteiger partial charge in [0.15, 0.2) is 0 Å². The highest BCUT2D eigenvalue weighted by molar-refractivity contribution is 8.00. The summed E-state index contributed by atoms with van der Waals surface area (Å²) in [6.07, 6.45) is 0. The van der Waals surface area contributed by atoms with Crippen molar-refractivity contribution in [1.82, 2.24) is 0 Å². The second-order valence-corrected chi connectivity index (χ2v) is 6.07. The maximum Gasteiger partial charge on any atom is 0.237 e. The minimum Gasteiger partial charge on any atom is -0.309 e. The summed E-state index contributed by atoms with van der Waals surface area (Å²) in [6.45, 7) is 3.77. The quantitative estimate of drug-likeness (QED) is 0.756. The van der Waals surface area contributed by atoms with E-state index in [0.717, 1.165) is 11.8 Å². The van der Waals surface area contributed by atoms with Crippen molar-refractivity contribution in [3.05, 3.63) is 60.2 Å². The molecule has 0 aliphatic carbocycles. The molecule has 2 aromatic rings. The molecule has 5 heteroatoms. The van der Waals surface area contributed by atoms with Gasteiger partial charge in [-0.25, -0.2) is 8.78 Å². The lowest BCUT2D eigenvalue weighted by Gasteiger charge is -2.27. The molecule has 0 saturated heterocycles. The third kappa shape index (κ3) is 4.07. The number of hydrogen-bond acceptors (Lipinski definition) is 2. The normalized spacial score (nSPS) is 10.8. The van der Waals surface area contributed by atoms with Gasteiger partial charge in [-0.1, -0.05) is 12.1 Å². The van der Waals surface area contributed by atoms with Gasteiger partial charge in [0.1, 0.15) is 11.6 Å². The average Bonchev–Trinajstić information content (AvgIpc) is 2.48. The number of nitrogens with zero attached hydrogens (tertiary/aromatic N) is 1. The van der Waals surface area contributed by atoms with Gasteiger partial charge < -0.3 is 4.90 Å². The van der Waals surface area contributed by atoms with Crippen LogP contribution >= 0.6 is 11.8 Å². The molecule has 2 nitrogen and oxygen atoms in total. The van der Waals surface area contributed by atoms with E-state index in [4.69, 9.17) is 0 Å². The third-order valence-corrected chi connectivity index (χ3v) is 4.11. The summed E-state index contributed by atoms with van der Waals surface area (Å²) >= 11 is 1.16. The molecule has 0 aliphatic rings. The lowest BCUT2D eigenvalue weighted by atomic mass is 10.2. The van der Waals surface area contributed by atoms with E-state index in [-0.39, 0.29) is 29.3 Å². The number of benzene rings is 2. The van der Waals surface area contributed by atoms with Gasteiger partial charge in [0.05, 0.1) is 5.75 Å². The van der Waals surface area contributed by atoms with Gasteiger partial charge in [-0.05, 0) is 50.2 Å². The highest BCUT2D eigenvalue weighted by atomic mass is 32.2. The molecule has 0 aliphatic heterocycles. The minimum atomic E-state index is -0.347. The smallest absolute Gasteiger partial charge is 0.237 e. The second-order valence-electron chi connectivity index (χ2n) is 5.05. The van der Waals surface area contributed by atoms with Gasteiger partial charge in [-0.15, -0.1) is 11.8 Å². The Morgan fingerprint density at radius 2 is 1.73 bits per heavy atom. The molecule has 22 heavy (non-hydrogen) atoms. The predicted molar refractivity (Wildman–Crippen MR) is 86.1 cm³/mol. The van der Waals surface area contributed by atoms with Crippen LogP contribution in [0.15, 0.2) is 53.4 Å². The zero-order valence-electron chi connectivity index (χ0n) is 12.4. The molecule has 1 amide bonds. The van der Waals surface area contributed by atoms with Crippen LogP contribution in [0.3, 0.4) is 0 Å². The molecule has 0 fully saturated rings. The van der Waals surface area contributed by atoms with E-state index in [1.54, 1.807) is 35.2 Å². The zero-order chi connectivity index (χ0) is 16.1. The van der Waals surface area contributed by atoms with Gasteiger partial charge >= 0.3 is 0 Å². The first-order valence-electron chi connectivity index (χ1n) is 6.94. The highest BCUT2D eigenvalue weighted by Crippen LogP contribution is 2.24. The summed E-state index contributed by atoms with van der Waals surface area (Å²) in [7, 11) is 0. The summed E-state index contributed by atoms with van der Waals surface area (Å²) in [6, 6.07) is 12.1. The number of halogens is 2. The number of carbonyl (C=O) groups is 1. The summed E-state index contributed by atoms with van der Waals surface area (Å²) < 4.78 is 26.6. The number of carbonyl (C=O) groups excluding carboxylic acids is 1. The number of anilines is 1. The Labute approximate surface area is 133 Å². The zero-order valence-corrected chi connectivity index (χ0v) is 13.2. The molecule has 2 aromatic carbocycles. The van der Waals surface area contributed by atoms with Crippen LogP contribution in [0.2, 0.25) is 0 Å². The number of thioether (sulfide) groups is 1. The fourth-order valence-electron chi connectivity index (χ4n) is 2.10. The van der Waals surface area contributed by atoms with Crippen molar-refractivity contribution in [2.24, 2.45) is 0 Å². The summed E-state index contributed by atoms with van der Waals surface area (Å²) in [5.41, 5.74) is 0.635. The predicted octanol–water partition coefficient (Wildman–Crippen LogP) is 4.50. The third-order valence-electron chi connectivity index (χ3n) is 3.08. The van der Waals surface area contributed by atoms with Crippen molar-refractivity contribution >= 4 is 23.4 Å². The second kappa shape index (κ2) is 7.40. The number of hydrogen-bond donors (Lipinski definition) is 0. The number of rotatable bonds is 5. The van der Waals surface area contributed by atoms with Gasteiger partial charge in [0.25, 0.3) is 0 Å². The van der Waals surface area contributed by atoms with Crippen molar-refractivity contribution in [2.75, 3.05) is 10.7 Å². The maximum absolute atomic E-state index is 13.6. The van der Waals surface area contributed by atoms with Crippen LogP contribution in [0.25, 0.3) is 0 Å². The van der Waals surface area contributed by atoms with Crippen molar-refractivity contribution in [3.8, 4) is 0 Å². The lowest BCUT2D eigenvalue weighted by Crippen LogP contribution is -2.38. The summed E-state index contributed by atoms with van der Waals surface area (Å²) in [4.78, 5) is 14.5. The van der Waals surface area contributed by atoms with Gasteiger partial charge in [-0.3, -0.25) is 4.79 Å². The van der Waals surface area contributed by atoms with Crippen LogP contribution in [0.5, 0.6) is 0 Å². The Hall–Kier alpha value is -1.88. The molecular formula is C17H17F2NOS. The number of amides is 1. The van der Waals surface area contributed by atoms with Crippen LogP contribution in [0.1, 0.15) is 13.8 Å². The van der Waals surface area contributed by atoms with Crippen LogP contribution in [0, 0.1) is 11.6 Å². The van der Waals surface area contributed by atoms with Crippen molar-refractivity contribution in [2.45, 2.75) is 24.8 Å². The van der Waals surface area contributed by atoms with Gasteiger partial charge in [0, 0.05) is 16.6 Å². The van der Waals surface area contributed by atoms with Crippen LogP contribution < -0.4 is 4.90 Å². The monoisotopic (exact) mass is 321 g/mol. The molecular weight excluding hydrogens is 304 g/mol. The van der Waals surface area contributed by atoms with E-state index in [2.05, 4.69) is 0 Å². The van der Waals surface area contributed by atoms with E-state index in [1.165, 1.54) is 18.2 Å². The molecule has 0 unspecified atom stereocenters. The first kappa shape index (κ1) is 16.5. The highest BCUT2D eigenvalue weighted by Gasteiger charge is 2.19. The molecule has 0 bridgehead atoms. The van der Waals surface area contributed by atoms with Crippen LogP contribution in [-0.2, 0) is 4.79 Å². The largest absolute Gasteiger partial charge is 0.309 e. The van der Waals surface area contributed by atoms with Crippen LogP contribution in [-0.4, -0.2) is 17.7 Å². The topological polar surface area (TPSA) is 20.3 Å². The fraction of sp³-hybridized carbons (Fsp3) is 0.235. The SMILES string of the molecule is CC(C)N(C(=O)CSc1ccccc1F)c1ccc(F)cc1. The Bertz CT molecular complexity index is 643. The van der Waals surface area contributed by atoms with E-state index >= 15 is 0 Å². The van der Waals surface area contributed by atoms with E-state index in [9.17, 15) is 13.6 Å². The molecule has 0 saturated carbocycles. The molecule has 0 heterocycles. The van der Waals surface area contributed by atoms with E-state index in [0.29, 0.717) is 10.6 Å². The molecule has 0 radical (unpaired) electrons. The first-order valence-corrected chi connectivity index (χ1v) is 7.92. The van der Waals surface area contributed by atoms with Crippen molar-refractivity contribution in [1.29, 1.82) is 0 Å². The van der Waals surface area contributed by atoms with Crippen molar-refractivity contribution < 1.29 is 13.6 Å². The molecule has 0 atom stereocenters. The maximum atomic E-state index is 13.6. The van der Waals surface area contributed by atoms with Gasteiger partial charge in [-0.2, -0.15) is 0 Å². The van der Waals surface area contributed by atoms with E-state index in [1.807, 2.05) is 13.8 Å². The lowest BCUT2D eigenvalue weighted by molar-refractivity contribution is -0.116. The Morgan fingerprint density at radius 3 is 2.32 bits per heavy atom. The summed E-state index contributed by atoms with van der Waals surface area (Å²) in [5.74, 6) is -0.704. The summed E-state index contributed by atoms with van der Waals surface area (Å²) in [5, 5.41) is 0. The Kier molecular flexibility index (Phi) is 5.55. The molecule has 2 rings (SSSR count). The molecule has 116 valence electrons. The molecule has 0 N–H and O–H groups in total. The van der Waals surface area contributed by atoms with Crippen molar-refractivity contribution in [3.63, 3.8) is 0 Å². The molecule has 0 aromatic heterocycles. The molecule has 0 spiro atoms. The van der Waals surface area contributed by atoms with E-state index < -0.39 is 0 Å².